The Kier molecular flexibility index (Phi) is 7.74. The van der Waals surface area contributed by atoms with Gasteiger partial charge in [0.25, 0.3) is 5.56 Å². The smallest absolute Gasteiger partial charge is 0.386 e. The summed E-state index contributed by atoms with van der Waals surface area (Å²) in [7, 11) is 0. The summed E-state index contributed by atoms with van der Waals surface area (Å²) in [5.41, 5.74) is 11.2. The normalized spacial score (nSPS) is 37.7. The number of hydrogen-bond acceptors (Lipinski definition) is 18. The van der Waals surface area contributed by atoms with E-state index >= 15 is 0 Å². The van der Waals surface area contributed by atoms with E-state index in [4.69, 9.17) is 39.0 Å². The van der Waals surface area contributed by atoms with Gasteiger partial charge in [0.05, 0.1) is 25.9 Å². The Morgan fingerprint density at radius 3 is 2.20 bits per heavy atom. The standard InChI is InChI=1S/C20H24N10O11P2S2/c21-14-8-15(24-3-23-14)29(4-25-8)18-11(32)12-7(39-18)2-37-43(35,45)41-13-10(31)6(1-36-42(34,44)40-12)38-19(13)30-5-26-9-16(30)27-20(22)28-17(9)33/h3-7,10-13,18-19,31-32H,1-2H2,(H,34,44)(H,35,45)(H2,21,23,24)(H3,22,27,28,33)/t6-,7-,10-,11-,12-,13-,18-,19-,42-,43+/m1/s1. The predicted molar refractivity (Wildman–Crippen MR) is 157 cm³/mol. The van der Waals surface area contributed by atoms with Crippen molar-refractivity contribution in [1.29, 1.82) is 0 Å². The van der Waals surface area contributed by atoms with Crippen molar-refractivity contribution in [2.45, 2.75) is 49.1 Å². The summed E-state index contributed by atoms with van der Waals surface area (Å²) in [5, 5.41) is 22.4. The summed E-state index contributed by atoms with van der Waals surface area (Å²) < 4.78 is 63.7. The van der Waals surface area contributed by atoms with E-state index in [-0.39, 0.29) is 34.1 Å². The number of nitrogens with one attached hydrogen (secondary N) is 1. The van der Waals surface area contributed by atoms with Gasteiger partial charge in [0, 0.05) is 0 Å². The fourth-order valence-electron chi connectivity index (χ4n) is 5.30. The van der Waals surface area contributed by atoms with Gasteiger partial charge < -0.3 is 31.2 Å². The lowest BCUT2D eigenvalue weighted by Crippen LogP contribution is -2.35. The number of H-pyrrole nitrogens is 1. The van der Waals surface area contributed by atoms with Crippen LogP contribution in [0.2, 0.25) is 0 Å². The number of aromatic amines is 1. The molecular formula is C20H24N10O11P2S2. The molecule has 0 saturated carbocycles. The topological polar surface area (TPSA) is 289 Å². The van der Waals surface area contributed by atoms with Crippen LogP contribution in [0.1, 0.15) is 12.5 Å². The summed E-state index contributed by atoms with van der Waals surface area (Å²) in [4.78, 5) is 34.9. The van der Waals surface area contributed by atoms with E-state index in [1.165, 1.54) is 28.1 Å². The van der Waals surface area contributed by atoms with Gasteiger partial charge in [-0.3, -0.25) is 37.0 Å². The van der Waals surface area contributed by atoms with Gasteiger partial charge in [-0.15, -0.1) is 0 Å². The third-order valence-corrected chi connectivity index (χ3v) is 10.6. The average Bonchev–Trinajstić information content (AvgIpc) is 3.72. The first-order chi connectivity index (χ1) is 21.3. The molecule has 3 aliphatic rings. The molecule has 0 radical (unpaired) electrons. The molecule has 4 aromatic rings. The van der Waals surface area contributed by atoms with Crippen molar-refractivity contribution in [3.05, 3.63) is 29.3 Å². The highest BCUT2D eigenvalue weighted by molar-refractivity contribution is 8.44. The molecule has 0 amide bonds. The second-order valence-corrected chi connectivity index (χ2v) is 15.9. The minimum atomic E-state index is -4.38. The van der Waals surface area contributed by atoms with E-state index in [1.807, 2.05) is 0 Å². The number of ether oxygens (including phenoxy) is 2. The number of nitrogens with two attached hydrogens (primary N) is 2. The van der Waals surface area contributed by atoms with Crippen LogP contribution >= 0.6 is 38.1 Å². The van der Waals surface area contributed by atoms with Crippen LogP contribution in [-0.4, -0.2) is 99.1 Å². The number of aliphatic hydroxyl groups is 2. The summed E-state index contributed by atoms with van der Waals surface area (Å²) >= 11 is 8.12. The Labute approximate surface area is 260 Å². The van der Waals surface area contributed by atoms with Crippen LogP contribution in [0.5, 0.6) is 0 Å². The average molecular weight is 707 g/mol. The molecule has 21 nitrogen and oxygen atoms in total. The van der Waals surface area contributed by atoms with Crippen LogP contribution in [0.15, 0.2) is 23.8 Å². The zero-order chi connectivity index (χ0) is 31.8. The number of rotatable bonds is 2. The minimum absolute atomic E-state index is 0.0378. The van der Waals surface area contributed by atoms with Gasteiger partial charge in [0.2, 0.25) is 5.95 Å². The number of aliphatic hydroxyl groups excluding tert-OH is 2. The molecule has 0 unspecified atom stereocenters. The third kappa shape index (κ3) is 5.55. The Bertz CT molecular complexity index is 1940. The van der Waals surface area contributed by atoms with Crippen LogP contribution in [0.4, 0.5) is 11.8 Å². The van der Waals surface area contributed by atoms with Crippen LogP contribution < -0.4 is 17.0 Å². The molecule has 2 bridgehead atoms. The number of fused-ring (bicyclic) bond motifs is 5. The van der Waals surface area contributed by atoms with E-state index in [2.05, 4.69) is 54.4 Å². The summed E-state index contributed by atoms with van der Waals surface area (Å²) in [6, 6.07) is 0. The number of nitrogen functional groups attached to an aromatic ring is 2. The molecular weight excluding hydrogens is 682 g/mol. The van der Waals surface area contributed by atoms with Crippen molar-refractivity contribution >= 4 is 72.2 Å². The molecule has 0 aromatic carbocycles. The summed E-state index contributed by atoms with van der Waals surface area (Å²) in [6.07, 6.45) is -7.44. The first kappa shape index (κ1) is 31.0. The zero-order valence-electron chi connectivity index (χ0n) is 22.4. The maximum absolute atomic E-state index is 13.5. The molecule has 7 rings (SSSR count). The minimum Gasteiger partial charge on any atom is -0.387 e. The summed E-state index contributed by atoms with van der Waals surface area (Å²) in [6.45, 7) is -9.87. The highest BCUT2D eigenvalue weighted by Gasteiger charge is 2.53. The molecule has 242 valence electrons. The maximum Gasteiger partial charge on any atom is 0.386 e. The van der Waals surface area contributed by atoms with Gasteiger partial charge in [-0.05, 0) is 0 Å². The van der Waals surface area contributed by atoms with E-state index in [0.29, 0.717) is 0 Å². The van der Waals surface area contributed by atoms with Crippen LogP contribution in [0, 0.1) is 0 Å². The van der Waals surface area contributed by atoms with Crippen LogP contribution in [0.25, 0.3) is 22.3 Å². The lowest BCUT2D eigenvalue weighted by Gasteiger charge is -2.26. The lowest BCUT2D eigenvalue weighted by molar-refractivity contribution is -0.0575. The van der Waals surface area contributed by atoms with Gasteiger partial charge in [-0.1, -0.05) is 24.5 Å². The first-order valence-corrected chi connectivity index (χ1v) is 18.3. The fourth-order valence-corrected chi connectivity index (χ4v) is 8.25. The molecule has 0 aliphatic carbocycles. The number of thiol groups is 2. The SMILES string of the molecule is Nc1nc2c(ncn2[C@@H]2O[C@@H]3CO[P@@](=O)(S)O[C@H]4[C@@H](O)[C@H](n5cnc6c(N)ncnc65)O[C@@H]4CO[P@](=O)(S)O[C@@H]2[C@@H]3O)c(=O)[nH]1. The van der Waals surface area contributed by atoms with Crippen molar-refractivity contribution in [2.24, 2.45) is 0 Å². The molecule has 10 atom stereocenters. The van der Waals surface area contributed by atoms with Crippen molar-refractivity contribution < 1.29 is 46.9 Å². The monoisotopic (exact) mass is 706 g/mol. The van der Waals surface area contributed by atoms with E-state index in [9.17, 15) is 24.1 Å². The number of aromatic nitrogens is 8. The Hall–Kier alpha value is -2.66. The largest absolute Gasteiger partial charge is 0.387 e. The number of hydrogen-bond donors (Lipinski definition) is 7. The van der Waals surface area contributed by atoms with Gasteiger partial charge in [0.1, 0.15) is 48.5 Å². The maximum atomic E-state index is 13.5. The van der Waals surface area contributed by atoms with E-state index < -0.39 is 81.4 Å². The number of imidazole rings is 2. The molecule has 7 N–H and O–H groups in total. The second-order valence-electron chi connectivity index (χ2n) is 10.1. The third-order valence-electron chi connectivity index (χ3n) is 7.32. The highest BCUT2D eigenvalue weighted by atomic mass is 32.7. The highest BCUT2D eigenvalue weighted by Crippen LogP contribution is 2.60. The summed E-state index contributed by atoms with van der Waals surface area (Å²) in [5.74, 6) is -0.142. The Morgan fingerprint density at radius 2 is 1.47 bits per heavy atom. The second kappa shape index (κ2) is 11.2. The fraction of sp³-hybridized carbons (Fsp3) is 0.500. The van der Waals surface area contributed by atoms with Gasteiger partial charge >= 0.3 is 13.6 Å². The number of nitrogens with zero attached hydrogens (tertiary/aromatic N) is 7. The lowest BCUT2D eigenvalue weighted by atomic mass is 10.1. The first-order valence-electron chi connectivity index (χ1n) is 13.0. The molecule has 0 spiro atoms. The molecule has 45 heavy (non-hydrogen) atoms. The van der Waals surface area contributed by atoms with Crippen LogP contribution in [0.3, 0.4) is 0 Å². The molecule has 4 aromatic heterocycles. The number of anilines is 2. The van der Waals surface area contributed by atoms with Crippen molar-refractivity contribution in [2.75, 3.05) is 24.7 Å². The van der Waals surface area contributed by atoms with Crippen LogP contribution in [-0.2, 0) is 36.7 Å². The quantitative estimate of drug-likeness (QED) is 0.102. The Morgan fingerprint density at radius 1 is 0.844 bits per heavy atom. The van der Waals surface area contributed by atoms with E-state index in [0.717, 1.165) is 0 Å². The predicted octanol–water partition coefficient (Wildman–Crippen LogP) is -0.467. The van der Waals surface area contributed by atoms with Crippen molar-refractivity contribution in [3.63, 3.8) is 0 Å². The van der Waals surface area contributed by atoms with Crippen molar-refractivity contribution in [1.82, 2.24) is 39.0 Å². The van der Waals surface area contributed by atoms with Gasteiger partial charge in [-0.25, -0.2) is 29.1 Å². The zero-order valence-corrected chi connectivity index (χ0v) is 26.0. The van der Waals surface area contributed by atoms with Gasteiger partial charge in [-0.2, -0.15) is 4.98 Å². The van der Waals surface area contributed by atoms with Crippen molar-refractivity contribution in [3.8, 4) is 0 Å². The molecule has 25 heteroatoms. The molecule has 3 fully saturated rings. The molecule has 7 heterocycles. The van der Waals surface area contributed by atoms with Gasteiger partial charge in [0.15, 0.2) is 35.1 Å². The van der Waals surface area contributed by atoms with E-state index in [1.54, 1.807) is 0 Å². The Balaban J connectivity index is 1.21. The molecule has 3 saturated heterocycles. The molecule has 3 aliphatic heterocycles.